The third kappa shape index (κ3) is 7.25. The van der Waals surface area contributed by atoms with E-state index in [4.69, 9.17) is 14.2 Å². The average Bonchev–Trinajstić information content (AvgIpc) is 2.91. The molecule has 0 aliphatic heterocycles. The summed E-state index contributed by atoms with van der Waals surface area (Å²) in [6, 6.07) is 22.1. The van der Waals surface area contributed by atoms with Gasteiger partial charge >= 0.3 is 0 Å². The molecule has 0 radical (unpaired) electrons. The molecule has 1 N–H and O–H groups in total. The number of nitrogens with one attached hydrogen (secondary N) is 1. The van der Waals surface area contributed by atoms with Gasteiger partial charge in [-0.2, -0.15) is 0 Å². The van der Waals surface area contributed by atoms with Crippen molar-refractivity contribution < 1.29 is 23.8 Å². The van der Waals surface area contributed by atoms with Crippen LogP contribution in [0, 0.1) is 0 Å². The molecular weight excluding hydrogens is 456 g/mol. The highest BCUT2D eigenvalue weighted by atomic mass is 16.5. The molecule has 0 bridgehead atoms. The minimum Gasteiger partial charge on any atom is -0.497 e. The third-order valence-corrected chi connectivity index (χ3v) is 6.04. The zero-order valence-corrected chi connectivity index (χ0v) is 21.3. The molecule has 0 heterocycles. The van der Waals surface area contributed by atoms with Crippen LogP contribution in [0.4, 0.5) is 0 Å². The quantitative estimate of drug-likeness (QED) is 0.415. The molecule has 0 saturated carbocycles. The van der Waals surface area contributed by atoms with Crippen molar-refractivity contribution in [2.24, 2.45) is 0 Å². The smallest absolute Gasteiger partial charge is 0.242 e. The lowest BCUT2D eigenvalue weighted by molar-refractivity contribution is -0.140. The van der Waals surface area contributed by atoms with Crippen LogP contribution in [0.5, 0.6) is 17.2 Å². The Bertz CT molecular complexity index is 1130. The minimum absolute atomic E-state index is 0.112. The topological polar surface area (TPSA) is 77.1 Å². The van der Waals surface area contributed by atoms with E-state index >= 15 is 0 Å². The first-order valence-corrected chi connectivity index (χ1v) is 11.9. The Morgan fingerprint density at radius 3 is 2.11 bits per heavy atom. The number of carbonyl (C=O) groups is 2. The van der Waals surface area contributed by atoms with Gasteiger partial charge in [0, 0.05) is 13.1 Å². The molecule has 3 aromatic carbocycles. The number of carbonyl (C=O) groups excluding carboxylic acids is 2. The van der Waals surface area contributed by atoms with E-state index in [0.717, 1.165) is 22.4 Å². The van der Waals surface area contributed by atoms with Gasteiger partial charge < -0.3 is 24.4 Å². The normalized spacial score (nSPS) is 11.3. The van der Waals surface area contributed by atoms with Gasteiger partial charge in [-0.3, -0.25) is 9.59 Å². The second-order valence-corrected chi connectivity index (χ2v) is 8.44. The van der Waals surface area contributed by atoms with E-state index in [0.29, 0.717) is 31.0 Å². The Kier molecular flexibility index (Phi) is 9.74. The summed E-state index contributed by atoms with van der Waals surface area (Å²) in [6.07, 6.45) is 0.843. The maximum absolute atomic E-state index is 13.3. The van der Waals surface area contributed by atoms with Gasteiger partial charge in [-0.25, -0.2) is 0 Å². The minimum atomic E-state index is -0.645. The Balaban J connectivity index is 1.67. The van der Waals surface area contributed by atoms with Crippen molar-refractivity contribution in [2.45, 2.75) is 32.4 Å². The van der Waals surface area contributed by atoms with Crippen molar-refractivity contribution in [1.82, 2.24) is 10.2 Å². The van der Waals surface area contributed by atoms with Crippen molar-refractivity contribution >= 4 is 11.8 Å². The number of amides is 2. The zero-order chi connectivity index (χ0) is 25.9. The lowest BCUT2D eigenvalue weighted by atomic mass is 10.1. The lowest BCUT2D eigenvalue weighted by Crippen LogP contribution is -2.48. The maximum Gasteiger partial charge on any atom is 0.242 e. The summed E-state index contributed by atoms with van der Waals surface area (Å²) in [5.41, 5.74) is 2.83. The van der Waals surface area contributed by atoms with Crippen molar-refractivity contribution in [1.29, 1.82) is 0 Å². The van der Waals surface area contributed by atoms with Gasteiger partial charge in [0.2, 0.25) is 11.8 Å². The Morgan fingerprint density at radius 1 is 0.806 bits per heavy atom. The number of rotatable bonds is 12. The summed E-state index contributed by atoms with van der Waals surface area (Å²) >= 11 is 0. The van der Waals surface area contributed by atoms with E-state index < -0.39 is 6.04 Å². The lowest BCUT2D eigenvalue weighted by Gasteiger charge is -2.29. The van der Waals surface area contributed by atoms with Gasteiger partial charge in [0.25, 0.3) is 0 Å². The summed E-state index contributed by atoms with van der Waals surface area (Å²) in [5, 5.41) is 2.98. The molecule has 0 fully saturated rings. The van der Waals surface area contributed by atoms with E-state index in [2.05, 4.69) is 5.32 Å². The van der Waals surface area contributed by atoms with Gasteiger partial charge in [-0.1, -0.05) is 48.5 Å². The number of benzene rings is 3. The fourth-order valence-corrected chi connectivity index (χ4v) is 3.90. The number of hydrogen-bond acceptors (Lipinski definition) is 5. The van der Waals surface area contributed by atoms with E-state index in [1.165, 1.54) is 0 Å². The monoisotopic (exact) mass is 490 g/mol. The summed E-state index contributed by atoms with van der Waals surface area (Å²) in [5.74, 6) is 1.73. The van der Waals surface area contributed by atoms with E-state index in [1.807, 2.05) is 72.8 Å². The molecule has 1 atom stereocenters. The van der Waals surface area contributed by atoms with E-state index in [1.54, 1.807) is 33.2 Å². The van der Waals surface area contributed by atoms with Crippen LogP contribution >= 0.6 is 0 Å². The molecule has 3 aromatic rings. The van der Waals surface area contributed by atoms with Gasteiger partial charge in [0.05, 0.1) is 27.8 Å². The highest BCUT2D eigenvalue weighted by molar-refractivity contribution is 5.88. The predicted octanol–water partition coefficient (Wildman–Crippen LogP) is 4.03. The second kappa shape index (κ2) is 13.2. The summed E-state index contributed by atoms with van der Waals surface area (Å²) in [7, 11) is 4.80. The number of nitrogens with zero attached hydrogens (tertiary/aromatic N) is 1. The Hall–Kier alpha value is -4.00. The standard InChI is InChI=1S/C29H34N2O5/c1-21(29(33)30-17-16-23-12-15-26(35-3)27(18-23)36-4)31(20-24-10-13-25(34-2)14-11-24)28(32)19-22-8-6-5-7-9-22/h5-15,18,21H,16-17,19-20H2,1-4H3,(H,30,33). The SMILES string of the molecule is COc1ccc(CN(C(=O)Cc2ccccc2)C(C)C(=O)NCCc2ccc(OC)c(OC)c2)cc1. The summed E-state index contributed by atoms with van der Waals surface area (Å²) in [6.45, 7) is 2.51. The zero-order valence-electron chi connectivity index (χ0n) is 21.3. The number of methoxy groups -OCH3 is 3. The van der Waals surface area contributed by atoms with E-state index in [9.17, 15) is 9.59 Å². The first kappa shape index (κ1) is 26.6. The van der Waals surface area contributed by atoms with Crippen LogP contribution in [0.3, 0.4) is 0 Å². The van der Waals surface area contributed by atoms with Crippen LogP contribution in [-0.4, -0.2) is 50.6 Å². The molecular formula is C29H34N2O5. The summed E-state index contributed by atoms with van der Waals surface area (Å²) in [4.78, 5) is 28.0. The van der Waals surface area contributed by atoms with E-state index in [-0.39, 0.29) is 18.2 Å². The van der Waals surface area contributed by atoms with Gasteiger partial charge in [-0.15, -0.1) is 0 Å². The molecule has 0 aliphatic carbocycles. The molecule has 0 aliphatic rings. The van der Waals surface area contributed by atoms with Crippen LogP contribution < -0.4 is 19.5 Å². The van der Waals surface area contributed by atoms with Gasteiger partial charge in [0.1, 0.15) is 11.8 Å². The highest BCUT2D eigenvalue weighted by Crippen LogP contribution is 2.27. The third-order valence-electron chi connectivity index (χ3n) is 6.04. The molecule has 2 amide bonds. The second-order valence-electron chi connectivity index (χ2n) is 8.44. The first-order valence-electron chi connectivity index (χ1n) is 11.9. The fourth-order valence-electron chi connectivity index (χ4n) is 3.90. The Morgan fingerprint density at radius 2 is 1.47 bits per heavy atom. The molecule has 36 heavy (non-hydrogen) atoms. The van der Waals surface area contributed by atoms with Crippen molar-refractivity contribution in [2.75, 3.05) is 27.9 Å². The molecule has 7 nitrogen and oxygen atoms in total. The average molecular weight is 491 g/mol. The highest BCUT2D eigenvalue weighted by Gasteiger charge is 2.26. The van der Waals surface area contributed by atoms with Gasteiger partial charge in [0.15, 0.2) is 11.5 Å². The van der Waals surface area contributed by atoms with Gasteiger partial charge in [-0.05, 0) is 54.3 Å². The molecule has 1 unspecified atom stereocenters. The first-order chi connectivity index (χ1) is 17.4. The van der Waals surface area contributed by atoms with Crippen molar-refractivity contribution in [3.05, 3.63) is 89.5 Å². The maximum atomic E-state index is 13.3. The molecule has 0 saturated heterocycles. The fraction of sp³-hybridized carbons (Fsp3) is 0.310. The van der Waals surface area contributed by atoms with Crippen LogP contribution in [0.2, 0.25) is 0 Å². The molecule has 190 valence electrons. The summed E-state index contributed by atoms with van der Waals surface area (Å²) < 4.78 is 15.9. The molecule has 3 rings (SSSR count). The van der Waals surface area contributed by atoms with Crippen LogP contribution in [0.1, 0.15) is 23.6 Å². The largest absolute Gasteiger partial charge is 0.497 e. The van der Waals surface area contributed by atoms with Crippen LogP contribution in [0.25, 0.3) is 0 Å². The van der Waals surface area contributed by atoms with Crippen LogP contribution in [0.15, 0.2) is 72.8 Å². The van der Waals surface area contributed by atoms with Crippen LogP contribution in [-0.2, 0) is 29.0 Å². The Labute approximate surface area is 213 Å². The van der Waals surface area contributed by atoms with Crippen molar-refractivity contribution in [3.63, 3.8) is 0 Å². The molecule has 7 heteroatoms. The molecule has 0 spiro atoms. The van der Waals surface area contributed by atoms with Crippen molar-refractivity contribution in [3.8, 4) is 17.2 Å². The predicted molar refractivity (Wildman–Crippen MR) is 139 cm³/mol. The number of hydrogen-bond donors (Lipinski definition) is 1. The molecule has 0 aromatic heterocycles. The number of ether oxygens (including phenoxy) is 3.